The van der Waals surface area contributed by atoms with Crippen LogP contribution in [0.5, 0.6) is 0 Å². The minimum atomic E-state index is -0.202. The van der Waals surface area contributed by atoms with Crippen LogP contribution in [0.4, 0.5) is 4.79 Å². The van der Waals surface area contributed by atoms with Crippen LogP contribution in [0.1, 0.15) is 56.6 Å². The smallest absolute Gasteiger partial charge is 0.315 e. The summed E-state index contributed by atoms with van der Waals surface area (Å²) in [6.07, 6.45) is 6.12. The summed E-state index contributed by atoms with van der Waals surface area (Å²) in [6.45, 7) is 1.64. The van der Waals surface area contributed by atoms with E-state index in [1.165, 1.54) is 0 Å². The molecule has 1 aliphatic carbocycles. The lowest BCUT2D eigenvalue weighted by molar-refractivity contribution is 0.0608. The average molecular weight is 346 g/mol. The first-order chi connectivity index (χ1) is 12.2. The van der Waals surface area contributed by atoms with Gasteiger partial charge in [0.25, 0.3) is 0 Å². The number of aliphatic hydroxyl groups is 1. The Bertz CT molecular complexity index is 523. The summed E-state index contributed by atoms with van der Waals surface area (Å²) in [7, 11) is 0. The van der Waals surface area contributed by atoms with E-state index in [1.54, 1.807) is 0 Å². The summed E-state index contributed by atoms with van der Waals surface area (Å²) in [5.41, 5.74) is 1.16. The molecule has 0 spiro atoms. The minimum absolute atomic E-state index is 0.0264. The number of hydrogen-bond acceptors (Lipinski definition) is 3. The second-order valence-corrected chi connectivity index (χ2v) is 7.38. The van der Waals surface area contributed by atoms with E-state index in [4.69, 9.17) is 4.74 Å². The number of benzene rings is 1. The maximum absolute atomic E-state index is 12.5. The monoisotopic (exact) mass is 346 g/mol. The quantitative estimate of drug-likeness (QED) is 0.767. The van der Waals surface area contributed by atoms with Gasteiger partial charge in [-0.2, -0.15) is 0 Å². The molecule has 1 atom stereocenters. The first-order valence-corrected chi connectivity index (χ1v) is 9.58. The third-order valence-electron chi connectivity index (χ3n) is 5.45. The highest BCUT2D eigenvalue weighted by molar-refractivity contribution is 5.74. The van der Waals surface area contributed by atoms with Gasteiger partial charge in [0, 0.05) is 19.3 Å². The Morgan fingerprint density at radius 2 is 1.76 bits per heavy atom. The summed E-state index contributed by atoms with van der Waals surface area (Å²) in [6, 6.07) is 10.3. The van der Waals surface area contributed by atoms with Crippen LogP contribution in [-0.2, 0) is 4.74 Å². The van der Waals surface area contributed by atoms with E-state index in [9.17, 15) is 9.90 Å². The molecular weight excluding hydrogens is 316 g/mol. The van der Waals surface area contributed by atoms with Crippen molar-refractivity contribution in [2.75, 3.05) is 13.2 Å². The van der Waals surface area contributed by atoms with Gasteiger partial charge in [-0.3, -0.25) is 0 Å². The molecule has 2 fully saturated rings. The SMILES string of the molecule is O=C(NC1CCC(O)CC1)N[C@H](CC1CCOCC1)c1ccccc1. The van der Waals surface area contributed by atoms with Crippen LogP contribution in [0.3, 0.4) is 0 Å². The predicted octanol–water partition coefficient (Wildman–Crippen LogP) is 3.15. The molecule has 0 unspecified atom stereocenters. The molecule has 2 amide bonds. The number of nitrogens with one attached hydrogen (secondary N) is 2. The highest BCUT2D eigenvalue weighted by atomic mass is 16.5. The van der Waals surface area contributed by atoms with Crippen LogP contribution in [-0.4, -0.2) is 36.5 Å². The van der Waals surface area contributed by atoms with Crippen molar-refractivity contribution in [2.24, 2.45) is 5.92 Å². The summed E-state index contributed by atoms with van der Waals surface area (Å²) >= 11 is 0. The minimum Gasteiger partial charge on any atom is -0.393 e. The molecule has 5 heteroatoms. The van der Waals surface area contributed by atoms with E-state index in [2.05, 4.69) is 22.8 Å². The molecule has 25 heavy (non-hydrogen) atoms. The van der Waals surface area contributed by atoms with Crippen molar-refractivity contribution in [1.29, 1.82) is 0 Å². The fourth-order valence-corrected chi connectivity index (χ4v) is 3.88. The summed E-state index contributed by atoms with van der Waals surface area (Å²) < 4.78 is 5.46. The topological polar surface area (TPSA) is 70.6 Å². The van der Waals surface area contributed by atoms with Gasteiger partial charge in [0.05, 0.1) is 12.1 Å². The highest BCUT2D eigenvalue weighted by Gasteiger charge is 2.24. The first-order valence-electron chi connectivity index (χ1n) is 9.58. The summed E-state index contributed by atoms with van der Waals surface area (Å²) in [5, 5.41) is 15.9. The third kappa shape index (κ3) is 5.72. The number of aliphatic hydroxyl groups excluding tert-OH is 1. The lowest BCUT2D eigenvalue weighted by atomic mass is 9.89. The van der Waals surface area contributed by atoms with E-state index < -0.39 is 0 Å². The van der Waals surface area contributed by atoms with Gasteiger partial charge in [0.1, 0.15) is 0 Å². The van der Waals surface area contributed by atoms with Crippen molar-refractivity contribution in [1.82, 2.24) is 10.6 Å². The van der Waals surface area contributed by atoms with Crippen molar-refractivity contribution in [2.45, 2.75) is 63.1 Å². The predicted molar refractivity (Wildman–Crippen MR) is 97.3 cm³/mol. The molecule has 0 aromatic heterocycles. The number of hydrogen-bond donors (Lipinski definition) is 3. The van der Waals surface area contributed by atoms with Crippen molar-refractivity contribution >= 4 is 6.03 Å². The molecule has 1 aliphatic heterocycles. The molecule has 0 radical (unpaired) electrons. The van der Waals surface area contributed by atoms with Crippen LogP contribution >= 0.6 is 0 Å². The number of carbonyl (C=O) groups is 1. The normalized spacial score (nSPS) is 26.0. The zero-order chi connectivity index (χ0) is 17.5. The molecule has 3 N–H and O–H groups in total. The molecule has 1 aromatic carbocycles. The van der Waals surface area contributed by atoms with E-state index >= 15 is 0 Å². The Morgan fingerprint density at radius 1 is 1.08 bits per heavy atom. The Hall–Kier alpha value is -1.59. The average Bonchev–Trinajstić information content (AvgIpc) is 2.65. The van der Waals surface area contributed by atoms with E-state index in [0.717, 1.165) is 63.7 Å². The molecule has 0 bridgehead atoms. The zero-order valence-corrected chi connectivity index (χ0v) is 14.8. The van der Waals surface area contributed by atoms with Crippen LogP contribution in [0.15, 0.2) is 30.3 Å². The molecule has 5 nitrogen and oxygen atoms in total. The van der Waals surface area contributed by atoms with Gasteiger partial charge in [0.15, 0.2) is 0 Å². The van der Waals surface area contributed by atoms with Gasteiger partial charge < -0.3 is 20.5 Å². The molecule has 2 aliphatic rings. The molecule has 3 rings (SSSR count). The number of carbonyl (C=O) groups excluding carboxylic acids is 1. The lowest BCUT2D eigenvalue weighted by Gasteiger charge is -2.30. The molecule has 1 heterocycles. The molecule has 1 saturated heterocycles. The van der Waals surface area contributed by atoms with Crippen LogP contribution in [0.25, 0.3) is 0 Å². The second-order valence-electron chi connectivity index (χ2n) is 7.38. The van der Waals surface area contributed by atoms with Crippen molar-refractivity contribution in [3.05, 3.63) is 35.9 Å². The maximum Gasteiger partial charge on any atom is 0.315 e. The van der Waals surface area contributed by atoms with Crippen molar-refractivity contribution in [3.8, 4) is 0 Å². The zero-order valence-electron chi connectivity index (χ0n) is 14.8. The molecule has 1 saturated carbocycles. The van der Waals surface area contributed by atoms with Crippen LogP contribution < -0.4 is 10.6 Å². The summed E-state index contributed by atoms with van der Waals surface area (Å²) in [4.78, 5) is 12.5. The van der Waals surface area contributed by atoms with Gasteiger partial charge in [-0.05, 0) is 56.4 Å². The Morgan fingerprint density at radius 3 is 2.44 bits per heavy atom. The largest absolute Gasteiger partial charge is 0.393 e. The third-order valence-corrected chi connectivity index (χ3v) is 5.45. The maximum atomic E-state index is 12.5. The lowest BCUT2D eigenvalue weighted by Crippen LogP contribution is -2.45. The fraction of sp³-hybridized carbons (Fsp3) is 0.650. The van der Waals surface area contributed by atoms with E-state index in [-0.39, 0.29) is 24.2 Å². The number of urea groups is 1. The highest BCUT2D eigenvalue weighted by Crippen LogP contribution is 2.27. The standard InChI is InChI=1S/C20H30N2O3/c23-18-8-6-17(7-9-18)21-20(24)22-19(16-4-2-1-3-5-16)14-15-10-12-25-13-11-15/h1-5,15,17-19,23H,6-14H2,(H2,21,22,24)/t17?,18?,19-/m1/s1. The second kappa shape index (κ2) is 9.20. The number of rotatable bonds is 5. The number of ether oxygens (including phenoxy) is 1. The number of amides is 2. The van der Waals surface area contributed by atoms with Gasteiger partial charge >= 0.3 is 6.03 Å². The van der Waals surface area contributed by atoms with Gasteiger partial charge in [0.2, 0.25) is 0 Å². The van der Waals surface area contributed by atoms with Crippen LogP contribution in [0, 0.1) is 5.92 Å². The van der Waals surface area contributed by atoms with Gasteiger partial charge in [-0.1, -0.05) is 30.3 Å². The summed E-state index contributed by atoms with van der Waals surface area (Å²) in [5.74, 6) is 0.587. The van der Waals surface area contributed by atoms with Crippen molar-refractivity contribution < 1.29 is 14.6 Å². The molecular formula is C20H30N2O3. The first kappa shape index (κ1) is 18.2. The van der Waals surface area contributed by atoms with Gasteiger partial charge in [-0.15, -0.1) is 0 Å². The van der Waals surface area contributed by atoms with Gasteiger partial charge in [-0.25, -0.2) is 4.79 Å². The fourth-order valence-electron chi connectivity index (χ4n) is 3.88. The Balaban J connectivity index is 1.57. The molecule has 1 aromatic rings. The van der Waals surface area contributed by atoms with E-state index in [0.29, 0.717) is 5.92 Å². The Labute approximate surface area is 150 Å². The van der Waals surface area contributed by atoms with Crippen LogP contribution in [0.2, 0.25) is 0 Å². The molecule has 138 valence electrons. The van der Waals surface area contributed by atoms with Crippen molar-refractivity contribution in [3.63, 3.8) is 0 Å². The van der Waals surface area contributed by atoms with E-state index in [1.807, 2.05) is 18.2 Å². The Kier molecular flexibility index (Phi) is 6.70.